The van der Waals surface area contributed by atoms with Gasteiger partial charge in [0.05, 0.1) is 11.0 Å². The number of nitrogens with one attached hydrogen (secondary N) is 2. The molecule has 0 aliphatic rings. The van der Waals surface area contributed by atoms with Crippen LogP contribution in [0.2, 0.25) is 0 Å². The van der Waals surface area contributed by atoms with Gasteiger partial charge in [-0.05, 0) is 37.6 Å². The van der Waals surface area contributed by atoms with Crippen LogP contribution in [0.4, 0.5) is 5.69 Å². The van der Waals surface area contributed by atoms with E-state index in [1.54, 1.807) is 31.2 Å². The summed E-state index contributed by atoms with van der Waals surface area (Å²) in [5.41, 5.74) is 0.783. The smallest absolute Gasteiger partial charge is 0.240 e. The molecule has 0 bridgehead atoms. The molecule has 5 nitrogen and oxygen atoms in total. The van der Waals surface area contributed by atoms with Gasteiger partial charge in [-0.1, -0.05) is 6.92 Å². The second-order valence-electron chi connectivity index (χ2n) is 4.15. The minimum Gasteiger partial charge on any atom is -0.392 e. The van der Waals surface area contributed by atoms with Crippen molar-refractivity contribution >= 4 is 15.7 Å². The topological polar surface area (TPSA) is 78.4 Å². The third-order valence-corrected chi connectivity index (χ3v) is 3.79. The van der Waals surface area contributed by atoms with E-state index < -0.39 is 16.1 Å². The lowest BCUT2D eigenvalue weighted by molar-refractivity contribution is 0.208. The summed E-state index contributed by atoms with van der Waals surface area (Å²) in [6.07, 6.45) is 0.312. The highest BCUT2D eigenvalue weighted by molar-refractivity contribution is 7.89. The Balaban J connectivity index is 2.70. The fourth-order valence-corrected chi connectivity index (χ4v) is 2.47. The fraction of sp³-hybridized carbons (Fsp3) is 0.500. The summed E-state index contributed by atoms with van der Waals surface area (Å²) in [4.78, 5) is 0.249. The molecule has 1 aromatic rings. The SMILES string of the molecule is CCCNS(=O)(=O)c1ccc(NCC(C)O)cc1. The highest BCUT2D eigenvalue weighted by Crippen LogP contribution is 2.13. The van der Waals surface area contributed by atoms with Gasteiger partial charge >= 0.3 is 0 Å². The van der Waals surface area contributed by atoms with E-state index in [0.29, 0.717) is 13.1 Å². The molecular formula is C12H20N2O3S. The molecule has 18 heavy (non-hydrogen) atoms. The Hall–Kier alpha value is -1.11. The van der Waals surface area contributed by atoms with Crippen LogP contribution in [0.25, 0.3) is 0 Å². The van der Waals surface area contributed by atoms with Gasteiger partial charge in [0.2, 0.25) is 10.0 Å². The summed E-state index contributed by atoms with van der Waals surface area (Å²) in [6.45, 7) is 4.45. The van der Waals surface area contributed by atoms with Crippen molar-refractivity contribution in [3.8, 4) is 0 Å². The number of rotatable bonds is 7. The molecule has 0 saturated heterocycles. The number of sulfonamides is 1. The first-order valence-electron chi connectivity index (χ1n) is 5.97. The fourth-order valence-electron chi connectivity index (χ4n) is 1.34. The van der Waals surface area contributed by atoms with Crippen LogP contribution in [0, 0.1) is 0 Å². The number of aliphatic hydroxyl groups excluding tert-OH is 1. The Morgan fingerprint density at radius 2 is 1.89 bits per heavy atom. The number of hydrogen-bond donors (Lipinski definition) is 3. The molecule has 1 unspecified atom stereocenters. The summed E-state index contributed by atoms with van der Waals surface area (Å²) >= 11 is 0. The monoisotopic (exact) mass is 272 g/mol. The van der Waals surface area contributed by atoms with Crippen LogP contribution in [-0.2, 0) is 10.0 Å². The average Bonchev–Trinajstić information content (AvgIpc) is 2.34. The number of aliphatic hydroxyl groups is 1. The summed E-state index contributed by atoms with van der Waals surface area (Å²) in [7, 11) is -3.40. The highest BCUT2D eigenvalue weighted by atomic mass is 32.2. The third kappa shape index (κ3) is 4.64. The van der Waals surface area contributed by atoms with E-state index in [1.807, 2.05) is 6.92 Å². The van der Waals surface area contributed by atoms with Gasteiger partial charge in [-0.15, -0.1) is 0 Å². The minimum absolute atomic E-state index is 0.249. The quantitative estimate of drug-likeness (QED) is 0.696. The first kappa shape index (κ1) is 14.9. The van der Waals surface area contributed by atoms with E-state index in [1.165, 1.54) is 0 Å². The largest absolute Gasteiger partial charge is 0.392 e. The van der Waals surface area contributed by atoms with Crippen molar-refractivity contribution in [2.75, 3.05) is 18.4 Å². The summed E-state index contributed by atoms with van der Waals surface area (Å²) < 4.78 is 26.1. The van der Waals surface area contributed by atoms with Crippen molar-refractivity contribution in [1.82, 2.24) is 4.72 Å². The lowest BCUT2D eigenvalue weighted by Gasteiger charge is -2.09. The molecule has 0 amide bonds. The Bertz CT molecular complexity index is 455. The molecule has 0 aromatic heterocycles. The second-order valence-corrected chi connectivity index (χ2v) is 5.92. The standard InChI is InChI=1S/C12H20N2O3S/c1-3-8-14-18(16,17)12-6-4-11(5-7-12)13-9-10(2)15/h4-7,10,13-15H,3,8-9H2,1-2H3. The van der Waals surface area contributed by atoms with Crippen LogP contribution in [0.1, 0.15) is 20.3 Å². The molecule has 6 heteroatoms. The number of anilines is 1. The zero-order valence-corrected chi connectivity index (χ0v) is 11.5. The van der Waals surface area contributed by atoms with Gasteiger partial charge in [-0.2, -0.15) is 0 Å². The Labute approximate surface area is 108 Å². The van der Waals surface area contributed by atoms with Crippen molar-refractivity contribution in [2.45, 2.75) is 31.3 Å². The van der Waals surface area contributed by atoms with Crippen LogP contribution in [0.3, 0.4) is 0 Å². The molecule has 0 radical (unpaired) electrons. The van der Waals surface area contributed by atoms with Gasteiger partial charge in [0.1, 0.15) is 0 Å². The van der Waals surface area contributed by atoms with Gasteiger partial charge in [-0.3, -0.25) is 0 Å². The summed E-state index contributed by atoms with van der Waals surface area (Å²) in [5, 5.41) is 12.1. The lowest BCUT2D eigenvalue weighted by atomic mass is 10.3. The first-order chi connectivity index (χ1) is 8.45. The molecule has 1 aromatic carbocycles. The lowest BCUT2D eigenvalue weighted by Crippen LogP contribution is -2.24. The maximum atomic E-state index is 11.8. The summed E-state index contributed by atoms with van der Waals surface area (Å²) in [5.74, 6) is 0. The molecule has 0 fully saturated rings. The van der Waals surface area contributed by atoms with Crippen molar-refractivity contribution in [1.29, 1.82) is 0 Å². The van der Waals surface area contributed by atoms with Crippen LogP contribution in [-0.4, -0.2) is 32.7 Å². The minimum atomic E-state index is -3.40. The van der Waals surface area contributed by atoms with Crippen molar-refractivity contribution in [2.24, 2.45) is 0 Å². The molecule has 0 aliphatic heterocycles. The number of benzene rings is 1. The maximum absolute atomic E-state index is 11.8. The molecule has 0 saturated carbocycles. The van der Waals surface area contributed by atoms with E-state index in [4.69, 9.17) is 5.11 Å². The van der Waals surface area contributed by atoms with E-state index in [-0.39, 0.29) is 4.90 Å². The van der Waals surface area contributed by atoms with Crippen molar-refractivity contribution in [3.05, 3.63) is 24.3 Å². The molecule has 0 aliphatic carbocycles. The Morgan fingerprint density at radius 1 is 1.28 bits per heavy atom. The van der Waals surface area contributed by atoms with Gasteiger partial charge in [0, 0.05) is 18.8 Å². The van der Waals surface area contributed by atoms with Crippen LogP contribution in [0.15, 0.2) is 29.2 Å². The van der Waals surface area contributed by atoms with Gasteiger partial charge in [0.15, 0.2) is 0 Å². The zero-order valence-electron chi connectivity index (χ0n) is 10.7. The van der Waals surface area contributed by atoms with Crippen molar-refractivity contribution in [3.63, 3.8) is 0 Å². The van der Waals surface area contributed by atoms with E-state index in [0.717, 1.165) is 12.1 Å². The van der Waals surface area contributed by atoms with Crippen LogP contribution in [0.5, 0.6) is 0 Å². The predicted octanol–water partition coefficient (Wildman–Crippen LogP) is 1.17. The molecule has 1 rings (SSSR count). The van der Waals surface area contributed by atoms with Crippen molar-refractivity contribution < 1.29 is 13.5 Å². The molecule has 0 spiro atoms. The zero-order chi connectivity index (χ0) is 13.6. The predicted molar refractivity (Wildman–Crippen MR) is 72.1 cm³/mol. The molecule has 3 N–H and O–H groups in total. The molecule has 102 valence electrons. The summed E-state index contributed by atoms with van der Waals surface area (Å²) in [6, 6.07) is 6.45. The van der Waals surface area contributed by atoms with Gasteiger partial charge in [0.25, 0.3) is 0 Å². The third-order valence-electron chi connectivity index (χ3n) is 2.31. The van der Waals surface area contributed by atoms with Gasteiger partial charge < -0.3 is 10.4 Å². The van der Waals surface area contributed by atoms with E-state index >= 15 is 0 Å². The van der Waals surface area contributed by atoms with Crippen LogP contribution >= 0.6 is 0 Å². The Kier molecular flexibility index (Phi) is 5.58. The normalized spacial score (nSPS) is 13.3. The highest BCUT2D eigenvalue weighted by Gasteiger charge is 2.12. The van der Waals surface area contributed by atoms with E-state index in [2.05, 4.69) is 10.0 Å². The second kappa shape index (κ2) is 6.72. The first-order valence-corrected chi connectivity index (χ1v) is 7.45. The average molecular weight is 272 g/mol. The van der Waals surface area contributed by atoms with Crippen LogP contribution < -0.4 is 10.0 Å². The maximum Gasteiger partial charge on any atom is 0.240 e. The molecular weight excluding hydrogens is 252 g/mol. The number of hydrogen-bond acceptors (Lipinski definition) is 4. The van der Waals surface area contributed by atoms with Gasteiger partial charge in [-0.25, -0.2) is 13.1 Å². The van der Waals surface area contributed by atoms with E-state index in [9.17, 15) is 8.42 Å². The molecule has 0 heterocycles. The Morgan fingerprint density at radius 3 is 2.39 bits per heavy atom. The molecule has 1 atom stereocenters.